The number of carbonyl (C=O) groups is 1. The van der Waals surface area contributed by atoms with Gasteiger partial charge in [-0.2, -0.15) is 0 Å². The molecule has 0 aliphatic heterocycles. The standard InChI is InChI=1S/C18H23N3O2/c1-13(2)8-9-20-15-10-14(11-19-12-15)18(22)21-16-6-4-5-7-17(16)23-3/h4-7,10-13,20H,8-9H2,1-3H3,(H,21,22). The van der Waals surface area contributed by atoms with Crippen LogP contribution in [0, 0.1) is 5.92 Å². The number of methoxy groups -OCH3 is 1. The van der Waals surface area contributed by atoms with Crippen LogP contribution in [-0.4, -0.2) is 24.5 Å². The molecule has 5 heteroatoms. The Balaban J connectivity index is 2.04. The molecular formula is C18H23N3O2. The van der Waals surface area contributed by atoms with E-state index in [0.29, 0.717) is 22.9 Å². The molecule has 0 bridgehead atoms. The Labute approximate surface area is 137 Å². The Morgan fingerprint density at radius 2 is 2.04 bits per heavy atom. The highest BCUT2D eigenvalue weighted by atomic mass is 16.5. The van der Waals surface area contributed by atoms with E-state index in [0.717, 1.165) is 18.7 Å². The van der Waals surface area contributed by atoms with Gasteiger partial charge in [0.1, 0.15) is 5.75 Å². The number of hydrogen-bond donors (Lipinski definition) is 2. The molecule has 2 aromatic rings. The molecule has 122 valence electrons. The highest BCUT2D eigenvalue weighted by molar-refractivity contribution is 6.05. The molecule has 0 unspecified atom stereocenters. The third-order valence-electron chi connectivity index (χ3n) is 3.41. The van der Waals surface area contributed by atoms with Crippen LogP contribution >= 0.6 is 0 Å². The maximum atomic E-state index is 12.4. The number of ether oxygens (including phenoxy) is 1. The van der Waals surface area contributed by atoms with E-state index in [4.69, 9.17) is 4.74 Å². The molecule has 0 saturated carbocycles. The van der Waals surface area contributed by atoms with E-state index in [9.17, 15) is 4.79 Å². The second kappa shape index (κ2) is 8.17. The second-order valence-corrected chi connectivity index (χ2v) is 5.73. The van der Waals surface area contributed by atoms with Crippen molar-refractivity contribution in [2.24, 2.45) is 5.92 Å². The summed E-state index contributed by atoms with van der Waals surface area (Å²) in [5.41, 5.74) is 1.99. The van der Waals surface area contributed by atoms with Gasteiger partial charge in [-0.15, -0.1) is 0 Å². The minimum Gasteiger partial charge on any atom is -0.495 e. The van der Waals surface area contributed by atoms with Crippen LogP contribution in [0.15, 0.2) is 42.7 Å². The molecule has 5 nitrogen and oxygen atoms in total. The third kappa shape index (κ3) is 4.98. The third-order valence-corrected chi connectivity index (χ3v) is 3.41. The van der Waals surface area contributed by atoms with Crippen molar-refractivity contribution in [1.82, 2.24) is 4.98 Å². The fourth-order valence-electron chi connectivity index (χ4n) is 2.11. The summed E-state index contributed by atoms with van der Waals surface area (Å²) < 4.78 is 5.24. The van der Waals surface area contributed by atoms with Gasteiger partial charge < -0.3 is 15.4 Å². The predicted octanol–water partition coefficient (Wildman–Crippen LogP) is 3.80. The monoisotopic (exact) mass is 313 g/mol. The maximum absolute atomic E-state index is 12.4. The van der Waals surface area contributed by atoms with E-state index in [1.165, 1.54) is 0 Å². The zero-order chi connectivity index (χ0) is 16.7. The highest BCUT2D eigenvalue weighted by Crippen LogP contribution is 2.23. The van der Waals surface area contributed by atoms with E-state index < -0.39 is 0 Å². The summed E-state index contributed by atoms with van der Waals surface area (Å²) in [4.78, 5) is 16.5. The minimum atomic E-state index is -0.213. The molecule has 23 heavy (non-hydrogen) atoms. The first kappa shape index (κ1) is 16.8. The lowest BCUT2D eigenvalue weighted by Gasteiger charge is -2.11. The van der Waals surface area contributed by atoms with Crippen molar-refractivity contribution in [3.8, 4) is 5.75 Å². The van der Waals surface area contributed by atoms with Crippen LogP contribution in [-0.2, 0) is 0 Å². The van der Waals surface area contributed by atoms with Gasteiger partial charge in [0, 0.05) is 18.9 Å². The van der Waals surface area contributed by atoms with E-state index in [1.54, 1.807) is 37.7 Å². The fourth-order valence-corrected chi connectivity index (χ4v) is 2.11. The van der Waals surface area contributed by atoms with Crippen molar-refractivity contribution in [2.45, 2.75) is 20.3 Å². The lowest BCUT2D eigenvalue weighted by Crippen LogP contribution is -2.13. The lowest BCUT2D eigenvalue weighted by molar-refractivity contribution is 0.102. The molecule has 1 aromatic heterocycles. The van der Waals surface area contributed by atoms with Crippen LogP contribution in [0.3, 0.4) is 0 Å². The largest absolute Gasteiger partial charge is 0.495 e. The Morgan fingerprint density at radius 3 is 2.78 bits per heavy atom. The van der Waals surface area contributed by atoms with Gasteiger partial charge in [0.2, 0.25) is 0 Å². The van der Waals surface area contributed by atoms with Gasteiger partial charge in [-0.1, -0.05) is 26.0 Å². The molecule has 0 radical (unpaired) electrons. The molecule has 0 aliphatic carbocycles. The summed E-state index contributed by atoms with van der Waals surface area (Å²) in [6.45, 7) is 5.21. The van der Waals surface area contributed by atoms with Crippen LogP contribution in [0.25, 0.3) is 0 Å². The number of hydrogen-bond acceptors (Lipinski definition) is 4. The van der Waals surface area contributed by atoms with Gasteiger partial charge >= 0.3 is 0 Å². The number of nitrogens with zero attached hydrogens (tertiary/aromatic N) is 1. The quantitative estimate of drug-likeness (QED) is 0.816. The van der Waals surface area contributed by atoms with Crippen LogP contribution < -0.4 is 15.4 Å². The predicted molar refractivity (Wildman–Crippen MR) is 93.1 cm³/mol. The first-order chi connectivity index (χ1) is 11.1. The minimum absolute atomic E-state index is 0.213. The van der Waals surface area contributed by atoms with Crippen LogP contribution in [0.4, 0.5) is 11.4 Å². The summed E-state index contributed by atoms with van der Waals surface area (Å²) >= 11 is 0. The number of benzene rings is 1. The van der Waals surface area contributed by atoms with E-state index in [1.807, 2.05) is 12.1 Å². The zero-order valence-electron chi connectivity index (χ0n) is 13.8. The molecule has 1 heterocycles. The number of pyridine rings is 1. The Morgan fingerprint density at radius 1 is 1.26 bits per heavy atom. The molecule has 1 aromatic carbocycles. The first-order valence-corrected chi connectivity index (χ1v) is 7.73. The number of anilines is 2. The number of para-hydroxylation sites is 2. The normalized spacial score (nSPS) is 10.4. The van der Waals surface area contributed by atoms with Crippen molar-refractivity contribution >= 4 is 17.3 Å². The molecule has 0 aliphatic rings. The molecule has 0 spiro atoms. The molecule has 0 atom stereocenters. The summed E-state index contributed by atoms with van der Waals surface area (Å²) in [5.74, 6) is 1.04. The van der Waals surface area contributed by atoms with Gasteiger partial charge in [-0.3, -0.25) is 9.78 Å². The average Bonchev–Trinajstić information content (AvgIpc) is 2.55. The van der Waals surface area contributed by atoms with Gasteiger partial charge in [0.05, 0.1) is 24.0 Å². The summed E-state index contributed by atoms with van der Waals surface area (Å²) in [5, 5.41) is 6.14. The summed E-state index contributed by atoms with van der Waals surface area (Å²) in [6.07, 6.45) is 4.34. The number of aromatic nitrogens is 1. The summed E-state index contributed by atoms with van der Waals surface area (Å²) in [6, 6.07) is 9.11. The molecule has 2 rings (SSSR count). The smallest absolute Gasteiger partial charge is 0.257 e. The van der Waals surface area contributed by atoms with Crippen molar-refractivity contribution in [3.05, 3.63) is 48.3 Å². The fraction of sp³-hybridized carbons (Fsp3) is 0.333. The van der Waals surface area contributed by atoms with Gasteiger partial charge in [0.15, 0.2) is 0 Å². The summed E-state index contributed by atoms with van der Waals surface area (Å²) in [7, 11) is 1.58. The Bertz CT molecular complexity index is 656. The number of nitrogens with one attached hydrogen (secondary N) is 2. The van der Waals surface area contributed by atoms with Crippen molar-refractivity contribution < 1.29 is 9.53 Å². The Hall–Kier alpha value is -2.56. The van der Waals surface area contributed by atoms with E-state index in [2.05, 4.69) is 29.5 Å². The van der Waals surface area contributed by atoms with Crippen LogP contribution in [0.1, 0.15) is 30.6 Å². The van der Waals surface area contributed by atoms with E-state index in [-0.39, 0.29) is 5.91 Å². The van der Waals surface area contributed by atoms with Gasteiger partial charge in [0.25, 0.3) is 5.91 Å². The lowest BCUT2D eigenvalue weighted by atomic mass is 10.1. The molecular weight excluding hydrogens is 290 g/mol. The first-order valence-electron chi connectivity index (χ1n) is 7.73. The highest BCUT2D eigenvalue weighted by Gasteiger charge is 2.10. The maximum Gasteiger partial charge on any atom is 0.257 e. The number of rotatable bonds is 7. The van der Waals surface area contributed by atoms with Crippen molar-refractivity contribution in [1.29, 1.82) is 0 Å². The topological polar surface area (TPSA) is 63.2 Å². The van der Waals surface area contributed by atoms with Crippen LogP contribution in [0.2, 0.25) is 0 Å². The second-order valence-electron chi connectivity index (χ2n) is 5.73. The number of carbonyl (C=O) groups excluding carboxylic acids is 1. The zero-order valence-corrected chi connectivity index (χ0v) is 13.8. The van der Waals surface area contributed by atoms with Gasteiger partial charge in [-0.05, 0) is 30.5 Å². The molecule has 2 N–H and O–H groups in total. The Kier molecular flexibility index (Phi) is 5.97. The van der Waals surface area contributed by atoms with Crippen molar-refractivity contribution in [2.75, 3.05) is 24.3 Å². The molecule has 0 fully saturated rings. The molecule has 1 amide bonds. The van der Waals surface area contributed by atoms with E-state index >= 15 is 0 Å². The van der Waals surface area contributed by atoms with Crippen molar-refractivity contribution in [3.63, 3.8) is 0 Å². The SMILES string of the molecule is COc1ccccc1NC(=O)c1cncc(NCCC(C)C)c1. The van der Waals surface area contributed by atoms with Gasteiger partial charge in [-0.25, -0.2) is 0 Å². The van der Waals surface area contributed by atoms with Crippen LogP contribution in [0.5, 0.6) is 5.75 Å². The number of amides is 1. The molecule has 0 saturated heterocycles. The average molecular weight is 313 g/mol.